The monoisotopic (exact) mass is 253 g/mol. The van der Waals surface area contributed by atoms with E-state index in [-0.39, 0.29) is 17.5 Å². The predicted octanol–water partition coefficient (Wildman–Crippen LogP) is 1.12. The molecule has 0 aromatic carbocycles. The van der Waals surface area contributed by atoms with Crippen molar-refractivity contribution in [2.24, 2.45) is 0 Å². The Bertz CT molecular complexity index is 297. The zero-order chi connectivity index (χ0) is 13.2. The van der Waals surface area contributed by atoms with Crippen molar-refractivity contribution < 1.29 is 4.79 Å². The summed E-state index contributed by atoms with van der Waals surface area (Å²) in [5.41, 5.74) is 0.107. The normalized spacial score (nSPS) is 30.2. The molecule has 104 valence electrons. The summed E-state index contributed by atoms with van der Waals surface area (Å²) < 4.78 is 0. The summed E-state index contributed by atoms with van der Waals surface area (Å²) in [6.07, 6.45) is 6.15. The lowest BCUT2D eigenvalue weighted by Crippen LogP contribution is -2.59. The van der Waals surface area contributed by atoms with Crippen molar-refractivity contribution in [2.45, 2.75) is 63.6 Å². The number of rotatable bonds is 3. The zero-order valence-corrected chi connectivity index (χ0v) is 12.0. The first kappa shape index (κ1) is 13.8. The van der Waals surface area contributed by atoms with E-state index < -0.39 is 0 Å². The van der Waals surface area contributed by atoms with E-state index in [1.165, 1.54) is 25.7 Å². The predicted molar refractivity (Wildman–Crippen MR) is 73.5 cm³/mol. The molecule has 1 aliphatic heterocycles. The van der Waals surface area contributed by atoms with Crippen LogP contribution >= 0.6 is 0 Å². The molecule has 1 atom stereocenters. The summed E-state index contributed by atoms with van der Waals surface area (Å²) in [7, 11) is 1.93. The number of hydrogen-bond donors (Lipinski definition) is 2. The van der Waals surface area contributed by atoms with E-state index >= 15 is 0 Å². The van der Waals surface area contributed by atoms with Gasteiger partial charge in [-0.15, -0.1) is 0 Å². The molecule has 0 aromatic rings. The molecule has 1 unspecified atom stereocenters. The highest BCUT2D eigenvalue weighted by atomic mass is 16.2. The average molecular weight is 253 g/mol. The minimum absolute atomic E-state index is 0.0180. The molecule has 1 heterocycles. The Kier molecular flexibility index (Phi) is 4.28. The maximum Gasteiger partial charge on any atom is 0.238 e. The minimum atomic E-state index is -0.0180. The molecule has 18 heavy (non-hydrogen) atoms. The molecule has 0 spiro atoms. The number of likely N-dealkylation sites (N-methyl/N-ethyl adjacent to an activating group) is 1. The van der Waals surface area contributed by atoms with Crippen molar-refractivity contribution in [3.05, 3.63) is 0 Å². The lowest BCUT2D eigenvalue weighted by Gasteiger charge is -2.45. The van der Waals surface area contributed by atoms with Gasteiger partial charge in [-0.05, 0) is 40.2 Å². The van der Waals surface area contributed by atoms with Crippen molar-refractivity contribution in [1.82, 2.24) is 15.5 Å². The van der Waals surface area contributed by atoms with Crippen molar-refractivity contribution in [2.75, 3.05) is 20.1 Å². The van der Waals surface area contributed by atoms with Gasteiger partial charge in [0.1, 0.15) is 6.04 Å². The second-order valence-corrected chi connectivity index (χ2v) is 6.27. The van der Waals surface area contributed by atoms with Crippen LogP contribution in [0.4, 0.5) is 0 Å². The summed E-state index contributed by atoms with van der Waals surface area (Å²) in [5.74, 6) is 0.196. The molecular formula is C14H27N3O. The number of hydrogen-bond acceptors (Lipinski definition) is 3. The van der Waals surface area contributed by atoms with Crippen LogP contribution in [-0.2, 0) is 4.79 Å². The maximum atomic E-state index is 12.3. The highest BCUT2D eigenvalue weighted by Gasteiger charge is 2.42. The van der Waals surface area contributed by atoms with Crippen molar-refractivity contribution >= 4 is 5.91 Å². The van der Waals surface area contributed by atoms with Gasteiger partial charge in [0.05, 0.1) is 0 Å². The molecule has 0 aromatic heterocycles. The van der Waals surface area contributed by atoms with Gasteiger partial charge in [-0.25, -0.2) is 0 Å². The van der Waals surface area contributed by atoms with Gasteiger partial charge in [0.15, 0.2) is 0 Å². The number of amides is 1. The first-order valence-electron chi connectivity index (χ1n) is 7.27. The smallest absolute Gasteiger partial charge is 0.238 e. The first-order valence-corrected chi connectivity index (χ1v) is 7.27. The van der Waals surface area contributed by atoms with E-state index in [9.17, 15) is 4.79 Å². The van der Waals surface area contributed by atoms with E-state index in [0.29, 0.717) is 6.04 Å². The van der Waals surface area contributed by atoms with Gasteiger partial charge in [0, 0.05) is 24.7 Å². The van der Waals surface area contributed by atoms with Crippen LogP contribution < -0.4 is 10.6 Å². The zero-order valence-electron chi connectivity index (χ0n) is 12.0. The van der Waals surface area contributed by atoms with Gasteiger partial charge in [-0.2, -0.15) is 0 Å². The molecule has 1 saturated heterocycles. The van der Waals surface area contributed by atoms with E-state index in [4.69, 9.17) is 0 Å². The number of nitrogens with one attached hydrogen (secondary N) is 2. The standard InChI is InChI=1S/C14H27N3O/c1-14(2)8-9-16-13(18)12(10-15-3)17(14)11-6-4-5-7-11/h11-12,15H,4-10H2,1-3H3,(H,16,18). The number of carbonyl (C=O) groups excluding carboxylic acids is 1. The summed E-state index contributed by atoms with van der Waals surface area (Å²) in [6, 6.07) is 0.567. The fourth-order valence-electron chi connectivity index (χ4n) is 3.60. The minimum Gasteiger partial charge on any atom is -0.355 e. The van der Waals surface area contributed by atoms with E-state index in [1.807, 2.05) is 7.05 Å². The fraction of sp³-hybridized carbons (Fsp3) is 0.929. The van der Waals surface area contributed by atoms with Gasteiger partial charge < -0.3 is 10.6 Å². The Hall–Kier alpha value is -0.610. The van der Waals surface area contributed by atoms with Crippen LogP contribution in [-0.4, -0.2) is 48.6 Å². The molecule has 1 aliphatic carbocycles. The molecule has 2 N–H and O–H groups in total. The maximum absolute atomic E-state index is 12.3. The summed E-state index contributed by atoms with van der Waals surface area (Å²) in [6.45, 7) is 6.11. The highest BCUT2D eigenvalue weighted by molar-refractivity contribution is 5.82. The SMILES string of the molecule is CNCC1C(=O)NCCC(C)(C)N1C1CCCC1. The molecule has 2 fully saturated rings. The van der Waals surface area contributed by atoms with Crippen molar-refractivity contribution in [1.29, 1.82) is 0 Å². The third-order valence-corrected chi connectivity index (χ3v) is 4.49. The molecule has 4 heteroatoms. The van der Waals surface area contributed by atoms with Crippen molar-refractivity contribution in [3.63, 3.8) is 0 Å². The van der Waals surface area contributed by atoms with Crippen LogP contribution in [0.15, 0.2) is 0 Å². The second-order valence-electron chi connectivity index (χ2n) is 6.27. The van der Waals surface area contributed by atoms with Crippen LogP contribution in [0.25, 0.3) is 0 Å². The lowest BCUT2D eigenvalue weighted by atomic mass is 9.93. The van der Waals surface area contributed by atoms with Gasteiger partial charge in [0.2, 0.25) is 5.91 Å². The second kappa shape index (κ2) is 5.57. The molecule has 0 bridgehead atoms. The van der Waals surface area contributed by atoms with Crippen LogP contribution in [0, 0.1) is 0 Å². The highest BCUT2D eigenvalue weighted by Crippen LogP contribution is 2.33. The number of carbonyl (C=O) groups is 1. The van der Waals surface area contributed by atoms with Gasteiger partial charge in [0.25, 0.3) is 0 Å². The Labute approximate surface area is 110 Å². The fourth-order valence-corrected chi connectivity index (χ4v) is 3.60. The van der Waals surface area contributed by atoms with Gasteiger partial charge in [-0.1, -0.05) is 12.8 Å². The lowest BCUT2D eigenvalue weighted by molar-refractivity contribution is -0.128. The quantitative estimate of drug-likeness (QED) is 0.792. The summed E-state index contributed by atoms with van der Waals surface area (Å²) in [4.78, 5) is 14.8. The molecule has 0 radical (unpaired) electrons. The number of nitrogens with zero attached hydrogens (tertiary/aromatic N) is 1. The van der Waals surface area contributed by atoms with E-state index in [2.05, 4.69) is 29.4 Å². The Morgan fingerprint density at radius 1 is 1.39 bits per heavy atom. The Balaban J connectivity index is 2.25. The summed E-state index contributed by atoms with van der Waals surface area (Å²) >= 11 is 0. The Morgan fingerprint density at radius 3 is 2.67 bits per heavy atom. The molecule has 2 aliphatic rings. The van der Waals surface area contributed by atoms with Gasteiger partial charge in [-0.3, -0.25) is 9.69 Å². The topological polar surface area (TPSA) is 44.4 Å². The van der Waals surface area contributed by atoms with Crippen LogP contribution in [0.5, 0.6) is 0 Å². The molecule has 2 rings (SSSR count). The van der Waals surface area contributed by atoms with E-state index in [0.717, 1.165) is 19.5 Å². The molecule has 1 amide bonds. The first-order chi connectivity index (χ1) is 8.56. The van der Waals surface area contributed by atoms with E-state index in [1.54, 1.807) is 0 Å². The Morgan fingerprint density at radius 2 is 2.06 bits per heavy atom. The average Bonchev–Trinajstić information content (AvgIpc) is 2.77. The third kappa shape index (κ3) is 2.69. The van der Waals surface area contributed by atoms with Crippen molar-refractivity contribution in [3.8, 4) is 0 Å². The summed E-state index contributed by atoms with van der Waals surface area (Å²) in [5, 5.41) is 6.25. The third-order valence-electron chi connectivity index (χ3n) is 4.49. The van der Waals surface area contributed by atoms with Crippen LogP contribution in [0.3, 0.4) is 0 Å². The molecule has 4 nitrogen and oxygen atoms in total. The van der Waals surface area contributed by atoms with Crippen LogP contribution in [0.1, 0.15) is 46.0 Å². The molecule has 1 saturated carbocycles. The largest absolute Gasteiger partial charge is 0.355 e. The molecular weight excluding hydrogens is 226 g/mol. The van der Waals surface area contributed by atoms with Crippen LogP contribution in [0.2, 0.25) is 0 Å². The van der Waals surface area contributed by atoms with Gasteiger partial charge >= 0.3 is 0 Å².